The average Bonchev–Trinajstić information content (AvgIpc) is 2.88. The third-order valence-electron chi connectivity index (χ3n) is 9.04. The first-order valence-corrected chi connectivity index (χ1v) is 13.4. The fourth-order valence-electron chi connectivity index (χ4n) is 6.92. The lowest BCUT2D eigenvalue weighted by Gasteiger charge is -2.49. The summed E-state index contributed by atoms with van der Waals surface area (Å²) in [4.78, 5) is 18.6. The first-order valence-electron chi connectivity index (χ1n) is 13.4. The van der Waals surface area contributed by atoms with Gasteiger partial charge in [0.15, 0.2) is 0 Å². The second-order valence-corrected chi connectivity index (χ2v) is 11.2. The molecule has 2 heterocycles. The molecular formula is C30H41N3O. The molecule has 0 aromatic heterocycles. The van der Waals surface area contributed by atoms with Gasteiger partial charge in [-0.15, -0.1) is 0 Å². The van der Waals surface area contributed by atoms with Crippen LogP contribution in [0.1, 0.15) is 63.5 Å². The largest absolute Gasteiger partial charge is 0.336 e. The SMILES string of the molecule is CC(C)C1CCC(N2CCC3(CC2)C(=O)N(CCN)Cc2cc(-c4ccccc4)ccc23)CC1. The zero-order chi connectivity index (χ0) is 23.7. The highest BCUT2D eigenvalue weighted by Crippen LogP contribution is 2.45. The van der Waals surface area contributed by atoms with E-state index in [1.165, 1.54) is 47.9 Å². The molecule has 2 aliphatic heterocycles. The maximum atomic E-state index is 13.9. The molecule has 0 radical (unpaired) electrons. The Kier molecular flexibility index (Phi) is 6.81. The van der Waals surface area contributed by atoms with Gasteiger partial charge >= 0.3 is 0 Å². The first-order chi connectivity index (χ1) is 16.5. The molecule has 1 aliphatic carbocycles. The summed E-state index contributed by atoms with van der Waals surface area (Å²) in [5.74, 6) is 2.00. The molecule has 182 valence electrons. The number of piperidine rings is 1. The van der Waals surface area contributed by atoms with Gasteiger partial charge in [0.1, 0.15) is 0 Å². The van der Waals surface area contributed by atoms with Gasteiger partial charge in [-0.2, -0.15) is 0 Å². The van der Waals surface area contributed by atoms with Crippen LogP contribution in [0, 0.1) is 11.8 Å². The van der Waals surface area contributed by atoms with Crippen molar-refractivity contribution < 1.29 is 4.79 Å². The van der Waals surface area contributed by atoms with Crippen LogP contribution in [-0.4, -0.2) is 47.9 Å². The van der Waals surface area contributed by atoms with Gasteiger partial charge in [0.05, 0.1) is 5.41 Å². The Bertz CT molecular complexity index is 985. The summed E-state index contributed by atoms with van der Waals surface area (Å²) in [5, 5.41) is 0. The van der Waals surface area contributed by atoms with Crippen molar-refractivity contribution in [3.8, 4) is 11.1 Å². The van der Waals surface area contributed by atoms with Gasteiger partial charge in [-0.1, -0.05) is 56.3 Å². The minimum absolute atomic E-state index is 0.307. The predicted molar refractivity (Wildman–Crippen MR) is 139 cm³/mol. The van der Waals surface area contributed by atoms with Crippen LogP contribution in [-0.2, 0) is 16.8 Å². The minimum atomic E-state index is -0.385. The summed E-state index contributed by atoms with van der Waals surface area (Å²) in [7, 11) is 0. The Hall–Kier alpha value is -2.17. The van der Waals surface area contributed by atoms with Gasteiger partial charge in [0, 0.05) is 25.7 Å². The van der Waals surface area contributed by atoms with E-state index in [-0.39, 0.29) is 5.41 Å². The van der Waals surface area contributed by atoms with Crippen molar-refractivity contribution in [1.29, 1.82) is 0 Å². The van der Waals surface area contributed by atoms with E-state index < -0.39 is 0 Å². The summed E-state index contributed by atoms with van der Waals surface area (Å²) in [6.07, 6.45) is 7.21. The van der Waals surface area contributed by atoms with E-state index in [1.807, 2.05) is 4.90 Å². The van der Waals surface area contributed by atoms with Crippen molar-refractivity contribution in [2.45, 2.75) is 70.4 Å². The highest BCUT2D eigenvalue weighted by molar-refractivity contribution is 5.91. The third kappa shape index (κ3) is 4.31. The van der Waals surface area contributed by atoms with Gasteiger partial charge in [-0.3, -0.25) is 4.79 Å². The number of likely N-dealkylation sites (tertiary alicyclic amines) is 1. The van der Waals surface area contributed by atoms with E-state index in [1.54, 1.807) is 0 Å². The molecule has 2 fully saturated rings. The van der Waals surface area contributed by atoms with Crippen LogP contribution in [0.2, 0.25) is 0 Å². The molecule has 1 saturated carbocycles. The van der Waals surface area contributed by atoms with Gasteiger partial charge < -0.3 is 15.5 Å². The van der Waals surface area contributed by atoms with Crippen molar-refractivity contribution >= 4 is 5.91 Å². The lowest BCUT2D eigenvalue weighted by Crippen LogP contribution is -2.57. The Labute approximate surface area is 205 Å². The molecule has 1 saturated heterocycles. The second-order valence-electron chi connectivity index (χ2n) is 11.2. The van der Waals surface area contributed by atoms with Crippen molar-refractivity contribution in [2.24, 2.45) is 17.6 Å². The molecule has 0 atom stereocenters. The number of carbonyl (C=O) groups is 1. The average molecular weight is 460 g/mol. The van der Waals surface area contributed by atoms with Crippen LogP contribution in [0.4, 0.5) is 0 Å². The summed E-state index contributed by atoms with van der Waals surface area (Å²) in [6, 6.07) is 18.1. The van der Waals surface area contributed by atoms with Gasteiger partial charge in [-0.25, -0.2) is 0 Å². The highest BCUT2D eigenvalue weighted by atomic mass is 16.2. The molecule has 2 aromatic carbocycles. The van der Waals surface area contributed by atoms with E-state index in [0.717, 1.165) is 37.8 Å². The number of fused-ring (bicyclic) bond motifs is 2. The van der Waals surface area contributed by atoms with Gasteiger partial charge in [-0.05, 0) is 91.8 Å². The fraction of sp³-hybridized carbons (Fsp3) is 0.567. The molecule has 4 nitrogen and oxygen atoms in total. The summed E-state index contributed by atoms with van der Waals surface area (Å²) < 4.78 is 0. The molecule has 2 aromatic rings. The maximum absolute atomic E-state index is 13.9. The lowest BCUT2D eigenvalue weighted by molar-refractivity contribution is -0.142. The minimum Gasteiger partial charge on any atom is -0.336 e. The predicted octanol–water partition coefficient (Wildman–Crippen LogP) is 5.20. The quantitative estimate of drug-likeness (QED) is 0.668. The summed E-state index contributed by atoms with van der Waals surface area (Å²) in [5.41, 5.74) is 10.6. The van der Waals surface area contributed by atoms with E-state index >= 15 is 0 Å². The van der Waals surface area contributed by atoms with Crippen molar-refractivity contribution in [2.75, 3.05) is 26.2 Å². The maximum Gasteiger partial charge on any atom is 0.233 e. The van der Waals surface area contributed by atoms with E-state index in [9.17, 15) is 4.79 Å². The zero-order valence-corrected chi connectivity index (χ0v) is 21.0. The fourth-order valence-corrected chi connectivity index (χ4v) is 6.92. The molecule has 0 bridgehead atoms. The van der Waals surface area contributed by atoms with E-state index in [0.29, 0.717) is 31.6 Å². The number of carbonyl (C=O) groups excluding carboxylic acids is 1. The number of hydrogen-bond donors (Lipinski definition) is 1. The topological polar surface area (TPSA) is 49.6 Å². The molecule has 4 heteroatoms. The second kappa shape index (κ2) is 9.83. The summed E-state index contributed by atoms with van der Waals surface area (Å²) in [6.45, 7) is 8.63. The molecular weight excluding hydrogens is 418 g/mol. The van der Waals surface area contributed by atoms with Crippen LogP contribution < -0.4 is 5.73 Å². The number of hydrogen-bond acceptors (Lipinski definition) is 3. The molecule has 1 amide bonds. The molecule has 5 rings (SSSR count). The number of benzene rings is 2. The van der Waals surface area contributed by atoms with Crippen LogP contribution in [0.15, 0.2) is 48.5 Å². The number of rotatable bonds is 5. The van der Waals surface area contributed by atoms with E-state index in [2.05, 4.69) is 67.3 Å². The Morgan fingerprint density at radius 2 is 1.68 bits per heavy atom. The summed E-state index contributed by atoms with van der Waals surface area (Å²) >= 11 is 0. The van der Waals surface area contributed by atoms with Crippen LogP contribution in [0.25, 0.3) is 11.1 Å². The number of nitrogens with two attached hydrogens (primary N) is 1. The number of amides is 1. The Balaban J connectivity index is 1.38. The Morgan fingerprint density at radius 3 is 2.32 bits per heavy atom. The monoisotopic (exact) mass is 459 g/mol. The van der Waals surface area contributed by atoms with Gasteiger partial charge in [0.25, 0.3) is 0 Å². The first kappa shape index (κ1) is 23.6. The molecule has 1 spiro atoms. The molecule has 0 unspecified atom stereocenters. The standard InChI is InChI=1S/C30H41N3O/c1-22(2)23-8-11-27(12-9-23)32-17-14-30(15-18-32)28-13-10-25(24-6-4-3-5-7-24)20-26(28)21-33(19-16-31)29(30)34/h3-7,10,13,20,22-23,27H,8-9,11-12,14-19,21,31H2,1-2H3. The molecule has 2 N–H and O–H groups in total. The van der Waals surface area contributed by atoms with E-state index in [4.69, 9.17) is 5.73 Å². The zero-order valence-electron chi connectivity index (χ0n) is 21.0. The molecule has 34 heavy (non-hydrogen) atoms. The highest BCUT2D eigenvalue weighted by Gasteiger charge is 2.49. The third-order valence-corrected chi connectivity index (χ3v) is 9.04. The lowest BCUT2D eigenvalue weighted by atomic mass is 9.67. The van der Waals surface area contributed by atoms with Crippen molar-refractivity contribution in [3.63, 3.8) is 0 Å². The van der Waals surface area contributed by atoms with Crippen molar-refractivity contribution in [3.05, 3.63) is 59.7 Å². The van der Waals surface area contributed by atoms with Crippen LogP contribution in [0.3, 0.4) is 0 Å². The smallest absolute Gasteiger partial charge is 0.233 e. The number of nitrogens with zero attached hydrogens (tertiary/aromatic N) is 2. The van der Waals surface area contributed by atoms with Crippen molar-refractivity contribution in [1.82, 2.24) is 9.80 Å². The Morgan fingerprint density at radius 1 is 0.971 bits per heavy atom. The normalized spacial score (nSPS) is 25.1. The van der Waals surface area contributed by atoms with Gasteiger partial charge in [0.2, 0.25) is 5.91 Å². The molecule has 3 aliphatic rings. The van der Waals surface area contributed by atoms with Crippen LogP contribution in [0.5, 0.6) is 0 Å². The van der Waals surface area contributed by atoms with Crippen LogP contribution >= 0.6 is 0 Å².